The predicted molar refractivity (Wildman–Crippen MR) is 298 cm³/mol. The van der Waals surface area contributed by atoms with Crippen LogP contribution in [0.15, 0.2) is 140 Å². The van der Waals surface area contributed by atoms with Gasteiger partial charge in [-0.05, 0) is 165 Å². The number of aryl methyl sites for hydroxylation is 3. The van der Waals surface area contributed by atoms with Crippen molar-refractivity contribution in [2.24, 2.45) is 0 Å². The number of benzene rings is 6. The van der Waals surface area contributed by atoms with Crippen LogP contribution in [0.4, 0.5) is 0 Å². The summed E-state index contributed by atoms with van der Waals surface area (Å²) < 4.78 is 10.2. The highest BCUT2D eigenvalue weighted by atomic mass is 16.5. The van der Waals surface area contributed by atoms with Crippen molar-refractivity contribution < 1.29 is 19.1 Å². The maximum Gasteiger partial charge on any atom is 0.305 e. The number of hydrogen-bond donors (Lipinski definition) is 2. The molecular formula is C64H54N4O4. The monoisotopic (exact) mass is 942 g/mol. The molecular weight excluding hydrogens is 889 g/mol. The molecule has 11 rings (SSSR count). The lowest BCUT2D eigenvalue weighted by Gasteiger charge is -2.08. The van der Waals surface area contributed by atoms with Gasteiger partial charge in [0.05, 0.1) is 37.0 Å². The Morgan fingerprint density at radius 1 is 0.458 bits per heavy atom. The Labute approximate surface area is 418 Å². The molecule has 0 saturated carbocycles. The van der Waals surface area contributed by atoms with E-state index in [9.17, 15) is 9.59 Å². The lowest BCUT2D eigenvalue weighted by Crippen LogP contribution is -2.02. The van der Waals surface area contributed by atoms with E-state index in [0.717, 1.165) is 101 Å². The summed E-state index contributed by atoms with van der Waals surface area (Å²) in [7, 11) is 2.84. The Bertz CT molecular complexity index is 3940. The quantitative estimate of drug-likeness (QED) is 0.104. The van der Waals surface area contributed by atoms with E-state index in [1.54, 1.807) is 0 Å². The van der Waals surface area contributed by atoms with Gasteiger partial charge in [-0.1, -0.05) is 121 Å². The maximum atomic E-state index is 12.7. The van der Waals surface area contributed by atoms with Crippen molar-refractivity contribution in [2.75, 3.05) is 14.2 Å². The van der Waals surface area contributed by atoms with Crippen LogP contribution >= 0.6 is 0 Å². The van der Waals surface area contributed by atoms with Crippen molar-refractivity contribution in [1.29, 1.82) is 0 Å². The van der Waals surface area contributed by atoms with Gasteiger partial charge < -0.3 is 19.4 Å². The molecule has 6 aromatic carbocycles. The van der Waals surface area contributed by atoms with Gasteiger partial charge in [0.2, 0.25) is 0 Å². The van der Waals surface area contributed by atoms with Gasteiger partial charge in [-0.25, -0.2) is 9.97 Å². The number of esters is 2. The van der Waals surface area contributed by atoms with Gasteiger partial charge in [-0.3, -0.25) is 9.59 Å². The number of carbonyl (C=O) groups excluding carboxylic acids is 2. The summed E-state index contributed by atoms with van der Waals surface area (Å²) in [6, 6.07) is 47.3. The molecule has 0 amide bonds. The highest BCUT2D eigenvalue weighted by Crippen LogP contribution is 2.39. The molecule has 0 unspecified atom stereocenters. The zero-order valence-electron chi connectivity index (χ0n) is 41.4. The molecule has 2 N–H and O–H groups in total. The van der Waals surface area contributed by atoms with Crippen LogP contribution in [0.2, 0.25) is 0 Å². The van der Waals surface area contributed by atoms with E-state index < -0.39 is 0 Å². The summed E-state index contributed by atoms with van der Waals surface area (Å²) in [4.78, 5) is 43.7. The van der Waals surface area contributed by atoms with Crippen LogP contribution in [-0.2, 0) is 25.5 Å². The Hall–Kier alpha value is -8.62. The summed E-state index contributed by atoms with van der Waals surface area (Å²) in [6.07, 6.45) is 10.3. The maximum absolute atomic E-state index is 12.7. The van der Waals surface area contributed by atoms with Crippen LogP contribution in [0.3, 0.4) is 0 Å². The highest BCUT2D eigenvalue weighted by Gasteiger charge is 2.22. The third-order valence-electron chi connectivity index (χ3n) is 14.7. The first kappa shape index (κ1) is 45.8. The van der Waals surface area contributed by atoms with Crippen molar-refractivity contribution in [2.45, 2.75) is 53.4 Å². The van der Waals surface area contributed by atoms with Crippen molar-refractivity contribution in [3.63, 3.8) is 0 Å². The van der Waals surface area contributed by atoms with E-state index in [0.29, 0.717) is 12.8 Å². The normalized spacial score (nSPS) is 13.0. The molecule has 8 nitrogen and oxygen atoms in total. The fourth-order valence-corrected chi connectivity index (χ4v) is 10.7. The fraction of sp³-hybridized carbons (Fsp3) is 0.156. The average Bonchev–Trinajstić information content (AvgIpc) is 4.06. The molecule has 9 aromatic rings. The van der Waals surface area contributed by atoms with E-state index in [1.807, 2.05) is 0 Å². The number of rotatable bonds is 10. The molecule has 3 aromatic heterocycles. The topological polar surface area (TPSA) is 110 Å². The summed E-state index contributed by atoms with van der Waals surface area (Å²) in [5.74, 6) is -0.576. The van der Waals surface area contributed by atoms with Crippen LogP contribution in [0, 0.1) is 13.8 Å². The first-order valence-corrected chi connectivity index (χ1v) is 24.5. The van der Waals surface area contributed by atoms with E-state index in [2.05, 4.69) is 195 Å². The first-order valence-electron chi connectivity index (χ1n) is 24.5. The first-order chi connectivity index (χ1) is 35.1. The Kier molecular flexibility index (Phi) is 12.1. The number of methoxy groups -OCH3 is 2. The van der Waals surface area contributed by atoms with E-state index >= 15 is 0 Å². The third kappa shape index (κ3) is 8.38. The minimum atomic E-state index is -0.289. The zero-order valence-corrected chi connectivity index (χ0v) is 41.4. The number of ether oxygens (including phenoxy) is 2. The molecule has 2 aliphatic heterocycles. The average molecular weight is 943 g/mol. The molecule has 2 aliphatic rings. The molecule has 0 atom stereocenters. The van der Waals surface area contributed by atoms with Crippen molar-refractivity contribution >= 4 is 118 Å². The minimum Gasteiger partial charge on any atom is -0.469 e. The molecule has 0 radical (unpaired) electrons. The van der Waals surface area contributed by atoms with E-state index in [1.165, 1.54) is 57.3 Å². The van der Waals surface area contributed by atoms with Gasteiger partial charge in [-0.15, -0.1) is 0 Å². The second kappa shape index (κ2) is 18.9. The SMILES string of the molecule is COC(=O)CCC1=C(C)c2cc3[nH]c(cc4nc(cc5[nH]c(cc1n2)c(CCC(=O)OC)c5C)C(/C=C/c1c2ccccc2cc2ccccc12)=C4C)c(/C=C/c1c2ccccc2cc2ccccc12)c3C. The summed E-state index contributed by atoms with van der Waals surface area (Å²) in [6.45, 7) is 8.47. The number of hydrogen-bond acceptors (Lipinski definition) is 6. The van der Waals surface area contributed by atoms with Gasteiger partial charge in [0.15, 0.2) is 0 Å². The minimum absolute atomic E-state index is 0.203. The van der Waals surface area contributed by atoms with Gasteiger partial charge in [0.1, 0.15) is 0 Å². The van der Waals surface area contributed by atoms with Gasteiger partial charge in [-0.2, -0.15) is 0 Å². The van der Waals surface area contributed by atoms with Crippen molar-refractivity contribution in [3.8, 4) is 0 Å². The van der Waals surface area contributed by atoms with Crippen LogP contribution in [0.1, 0.15) is 89.3 Å². The Morgan fingerprint density at radius 3 is 1.46 bits per heavy atom. The van der Waals surface area contributed by atoms with Gasteiger partial charge >= 0.3 is 11.9 Å². The van der Waals surface area contributed by atoms with Gasteiger partial charge in [0.25, 0.3) is 0 Å². The van der Waals surface area contributed by atoms with Crippen LogP contribution in [0.25, 0.3) is 106 Å². The molecule has 0 saturated heterocycles. The zero-order chi connectivity index (χ0) is 49.6. The van der Waals surface area contributed by atoms with Crippen molar-refractivity contribution in [1.82, 2.24) is 19.9 Å². The second-order valence-electron chi connectivity index (χ2n) is 18.8. The molecule has 0 fully saturated rings. The summed E-state index contributed by atoms with van der Waals surface area (Å²) in [5.41, 5.74) is 17.1. The molecule has 5 heterocycles. The van der Waals surface area contributed by atoms with Gasteiger partial charge in [0, 0.05) is 46.0 Å². The van der Waals surface area contributed by atoms with Crippen LogP contribution in [-0.4, -0.2) is 46.1 Å². The van der Waals surface area contributed by atoms with E-state index in [-0.39, 0.29) is 24.8 Å². The van der Waals surface area contributed by atoms with Crippen LogP contribution < -0.4 is 0 Å². The summed E-state index contributed by atoms with van der Waals surface area (Å²) >= 11 is 0. The second-order valence-corrected chi connectivity index (χ2v) is 18.8. The summed E-state index contributed by atoms with van der Waals surface area (Å²) in [5, 5.41) is 9.45. The van der Waals surface area contributed by atoms with Crippen LogP contribution in [0.5, 0.6) is 0 Å². The molecule has 8 heteroatoms. The number of carbonyl (C=O) groups is 2. The number of aromatic nitrogens is 4. The number of nitrogens with zero attached hydrogens (tertiary/aromatic N) is 2. The molecule has 354 valence electrons. The highest BCUT2D eigenvalue weighted by molar-refractivity contribution is 6.10. The van der Waals surface area contributed by atoms with Crippen molar-refractivity contribution in [3.05, 3.63) is 196 Å². The lowest BCUT2D eigenvalue weighted by atomic mass is 9.95. The molecule has 72 heavy (non-hydrogen) atoms. The standard InChI is InChI=1S/C64H54N4O4/c1-37-45(23-25-53-49-19-11-7-15-41(49)31-42-16-8-12-20-50(42)53)59-34-57-38(2)46(24-26-54-51-21-13-9-17-43(51)32-44-18-10-14-22-52(44)54)60(67-57)35-58-40(4)48(28-30-64(70)72-6)62(68-58)36-61-47(27-29-63(69)71-5)39(3)56(66-61)33-55(37)65-59/h7-26,31-36,65,68H,27-30H2,1-6H3/b25-23+,26-24+,55-33?,56-33?,57-34?,58-35?,59-34?,60-35?,61-36?,62-36?. The number of allylic oxidation sites excluding steroid dienone is 5. The fourth-order valence-electron chi connectivity index (χ4n) is 10.7. The predicted octanol–water partition coefficient (Wildman–Crippen LogP) is 15.3. The number of fused-ring (bicyclic) bond motifs is 12. The number of aromatic amines is 2. The Balaban J connectivity index is 1.19. The number of H-pyrrole nitrogens is 2. The largest absolute Gasteiger partial charge is 0.469 e. The molecule has 0 spiro atoms. The number of nitrogens with one attached hydrogen (secondary N) is 2. The third-order valence-corrected chi connectivity index (χ3v) is 14.7. The lowest BCUT2D eigenvalue weighted by molar-refractivity contribution is -0.141. The van der Waals surface area contributed by atoms with E-state index in [4.69, 9.17) is 19.4 Å². The smallest absolute Gasteiger partial charge is 0.305 e. The molecule has 8 bridgehead atoms. The molecule has 0 aliphatic carbocycles. The Morgan fingerprint density at radius 2 is 0.889 bits per heavy atom.